The van der Waals surface area contributed by atoms with Gasteiger partial charge in [-0.05, 0) is 55.5 Å². The molecule has 15 heavy (non-hydrogen) atoms. The van der Waals surface area contributed by atoms with Crippen LogP contribution < -0.4 is 5.32 Å². The summed E-state index contributed by atoms with van der Waals surface area (Å²) in [6, 6.07) is 2.04. The van der Waals surface area contributed by atoms with Gasteiger partial charge in [0.2, 0.25) is 0 Å². The lowest BCUT2D eigenvalue weighted by Crippen LogP contribution is -2.14. The van der Waals surface area contributed by atoms with Crippen LogP contribution in [0.1, 0.15) is 12.8 Å². The summed E-state index contributed by atoms with van der Waals surface area (Å²) in [4.78, 5) is 6.30. The molecule has 1 aromatic rings. The van der Waals surface area contributed by atoms with E-state index in [-0.39, 0.29) is 0 Å². The molecule has 0 bridgehead atoms. The average molecular weight is 272 g/mol. The molecule has 1 rings (SSSR count). The van der Waals surface area contributed by atoms with E-state index in [4.69, 9.17) is 0 Å². The van der Waals surface area contributed by atoms with Crippen molar-refractivity contribution in [2.24, 2.45) is 0 Å². The molecule has 1 aromatic heterocycles. The Labute approximate surface area is 100 Å². The molecule has 0 aromatic carbocycles. The molecule has 0 radical (unpaired) electrons. The molecular formula is C11H18BrN3. The Morgan fingerprint density at radius 3 is 2.80 bits per heavy atom. The number of hydrogen-bond acceptors (Lipinski definition) is 3. The van der Waals surface area contributed by atoms with E-state index in [0.717, 1.165) is 23.2 Å². The molecule has 0 unspecified atom stereocenters. The maximum atomic E-state index is 4.09. The van der Waals surface area contributed by atoms with Gasteiger partial charge in [0.15, 0.2) is 0 Å². The number of aromatic nitrogens is 1. The van der Waals surface area contributed by atoms with E-state index < -0.39 is 0 Å². The van der Waals surface area contributed by atoms with Gasteiger partial charge >= 0.3 is 0 Å². The quantitative estimate of drug-likeness (QED) is 0.807. The lowest BCUT2D eigenvalue weighted by molar-refractivity contribution is 0.396. The Hall–Kier alpha value is -0.610. The summed E-state index contributed by atoms with van der Waals surface area (Å²) in [5.74, 6) is 0. The van der Waals surface area contributed by atoms with Crippen molar-refractivity contribution >= 4 is 21.6 Å². The van der Waals surface area contributed by atoms with Crippen molar-refractivity contribution < 1.29 is 0 Å². The van der Waals surface area contributed by atoms with Crippen molar-refractivity contribution in [3.05, 3.63) is 22.9 Å². The molecule has 1 heterocycles. The number of halogens is 1. The second-order valence-electron chi connectivity index (χ2n) is 3.83. The first-order valence-electron chi connectivity index (χ1n) is 5.17. The largest absolute Gasteiger partial charge is 0.384 e. The lowest BCUT2D eigenvalue weighted by atomic mass is 10.3. The maximum Gasteiger partial charge on any atom is 0.0538 e. The maximum absolute atomic E-state index is 4.09. The second-order valence-corrected chi connectivity index (χ2v) is 4.74. The topological polar surface area (TPSA) is 28.2 Å². The van der Waals surface area contributed by atoms with Crippen LogP contribution in [0.4, 0.5) is 5.69 Å². The highest BCUT2D eigenvalue weighted by Gasteiger charge is 1.94. The first-order valence-corrected chi connectivity index (χ1v) is 5.97. The molecule has 0 amide bonds. The molecular weight excluding hydrogens is 254 g/mol. The third-order valence-electron chi connectivity index (χ3n) is 2.07. The SMILES string of the molecule is CN(C)CCCCNc1cncc(Br)c1. The Bertz CT molecular complexity index is 289. The standard InChI is InChI=1S/C11H18BrN3/c1-15(2)6-4-3-5-14-11-7-10(12)8-13-9-11/h7-9,14H,3-6H2,1-2H3. The third-order valence-corrected chi connectivity index (χ3v) is 2.50. The predicted molar refractivity (Wildman–Crippen MR) is 68.2 cm³/mol. The summed E-state index contributed by atoms with van der Waals surface area (Å²) >= 11 is 3.39. The Kier molecular flexibility index (Phi) is 5.65. The van der Waals surface area contributed by atoms with Crippen LogP contribution in [0.25, 0.3) is 0 Å². The van der Waals surface area contributed by atoms with Crippen LogP contribution in [0.5, 0.6) is 0 Å². The van der Waals surface area contributed by atoms with Crippen molar-refractivity contribution in [1.29, 1.82) is 0 Å². The summed E-state index contributed by atoms with van der Waals surface area (Å²) < 4.78 is 1.01. The molecule has 0 saturated heterocycles. The number of nitrogens with one attached hydrogen (secondary N) is 1. The Balaban J connectivity index is 2.15. The highest BCUT2D eigenvalue weighted by molar-refractivity contribution is 9.10. The van der Waals surface area contributed by atoms with Gasteiger partial charge in [0.25, 0.3) is 0 Å². The van der Waals surface area contributed by atoms with Crippen LogP contribution in [-0.4, -0.2) is 37.1 Å². The van der Waals surface area contributed by atoms with Crippen LogP contribution >= 0.6 is 15.9 Å². The summed E-state index contributed by atoms with van der Waals surface area (Å²) in [6.45, 7) is 2.16. The van der Waals surface area contributed by atoms with Crippen LogP contribution in [0.3, 0.4) is 0 Å². The van der Waals surface area contributed by atoms with Gasteiger partial charge in [-0.15, -0.1) is 0 Å². The number of unbranched alkanes of at least 4 members (excludes halogenated alkanes) is 1. The fourth-order valence-corrected chi connectivity index (χ4v) is 1.66. The number of anilines is 1. The van der Waals surface area contributed by atoms with Crippen LogP contribution in [-0.2, 0) is 0 Å². The van der Waals surface area contributed by atoms with E-state index in [9.17, 15) is 0 Å². The van der Waals surface area contributed by atoms with Gasteiger partial charge in [-0.2, -0.15) is 0 Å². The Morgan fingerprint density at radius 2 is 2.13 bits per heavy atom. The van der Waals surface area contributed by atoms with Crippen molar-refractivity contribution in [2.75, 3.05) is 32.5 Å². The monoisotopic (exact) mass is 271 g/mol. The van der Waals surface area contributed by atoms with Crippen LogP contribution in [0, 0.1) is 0 Å². The van der Waals surface area contributed by atoms with E-state index in [2.05, 4.69) is 45.2 Å². The molecule has 3 nitrogen and oxygen atoms in total. The summed E-state index contributed by atoms with van der Waals surface area (Å²) in [5.41, 5.74) is 1.08. The average Bonchev–Trinajstić information content (AvgIpc) is 2.17. The molecule has 0 aliphatic rings. The van der Waals surface area contributed by atoms with Gasteiger partial charge in [-0.3, -0.25) is 4.98 Å². The molecule has 0 aliphatic carbocycles. The van der Waals surface area contributed by atoms with E-state index in [1.807, 2.05) is 12.3 Å². The van der Waals surface area contributed by atoms with Gasteiger partial charge in [0.1, 0.15) is 0 Å². The normalized spacial score (nSPS) is 10.7. The molecule has 0 atom stereocenters. The van der Waals surface area contributed by atoms with E-state index in [1.54, 1.807) is 6.20 Å². The smallest absolute Gasteiger partial charge is 0.0538 e. The van der Waals surface area contributed by atoms with Crippen molar-refractivity contribution in [2.45, 2.75) is 12.8 Å². The minimum Gasteiger partial charge on any atom is -0.384 e. The van der Waals surface area contributed by atoms with Crippen molar-refractivity contribution in [1.82, 2.24) is 9.88 Å². The first kappa shape index (κ1) is 12.5. The lowest BCUT2D eigenvalue weighted by Gasteiger charge is -2.09. The zero-order valence-corrected chi connectivity index (χ0v) is 10.9. The number of nitrogens with zero attached hydrogens (tertiary/aromatic N) is 2. The molecule has 0 fully saturated rings. The summed E-state index contributed by atoms with van der Waals surface area (Å²) in [5, 5.41) is 3.35. The molecule has 84 valence electrons. The van der Waals surface area contributed by atoms with Gasteiger partial charge in [0, 0.05) is 17.2 Å². The fraction of sp³-hybridized carbons (Fsp3) is 0.545. The highest BCUT2D eigenvalue weighted by Crippen LogP contribution is 2.13. The van der Waals surface area contributed by atoms with Gasteiger partial charge in [-0.1, -0.05) is 0 Å². The summed E-state index contributed by atoms with van der Waals surface area (Å²) in [7, 11) is 4.21. The van der Waals surface area contributed by atoms with Gasteiger partial charge in [0.05, 0.1) is 11.9 Å². The summed E-state index contributed by atoms with van der Waals surface area (Å²) in [6.07, 6.45) is 6.04. The van der Waals surface area contributed by atoms with Gasteiger partial charge < -0.3 is 10.2 Å². The molecule has 0 aliphatic heterocycles. The molecule has 4 heteroatoms. The third kappa shape index (κ3) is 5.74. The fourth-order valence-electron chi connectivity index (χ4n) is 1.29. The number of hydrogen-bond donors (Lipinski definition) is 1. The van der Waals surface area contributed by atoms with E-state index in [1.165, 1.54) is 12.8 Å². The van der Waals surface area contributed by atoms with Crippen molar-refractivity contribution in [3.8, 4) is 0 Å². The van der Waals surface area contributed by atoms with E-state index in [0.29, 0.717) is 0 Å². The molecule has 0 spiro atoms. The van der Waals surface area contributed by atoms with Gasteiger partial charge in [-0.25, -0.2) is 0 Å². The van der Waals surface area contributed by atoms with E-state index >= 15 is 0 Å². The van der Waals surface area contributed by atoms with Crippen LogP contribution in [0.15, 0.2) is 22.9 Å². The second kappa shape index (κ2) is 6.80. The zero-order chi connectivity index (χ0) is 11.1. The molecule has 1 N–H and O–H groups in total. The van der Waals surface area contributed by atoms with Crippen LogP contribution in [0.2, 0.25) is 0 Å². The Morgan fingerprint density at radius 1 is 1.33 bits per heavy atom. The zero-order valence-electron chi connectivity index (χ0n) is 9.33. The van der Waals surface area contributed by atoms with Crippen molar-refractivity contribution in [3.63, 3.8) is 0 Å². The minimum absolute atomic E-state index is 1.01. The predicted octanol–water partition coefficient (Wildman–Crippen LogP) is 2.60. The number of rotatable bonds is 6. The minimum atomic E-state index is 1.01. The molecule has 0 saturated carbocycles. The first-order chi connectivity index (χ1) is 7.18. The number of pyridine rings is 1. The highest BCUT2D eigenvalue weighted by atomic mass is 79.9.